The summed E-state index contributed by atoms with van der Waals surface area (Å²) in [6.45, 7) is 4.14. The molecule has 0 aromatic heterocycles. The van der Waals surface area contributed by atoms with Crippen molar-refractivity contribution in [1.82, 2.24) is 5.32 Å². The molecule has 27 heavy (non-hydrogen) atoms. The van der Waals surface area contributed by atoms with Gasteiger partial charge in [-0.3, -0.25) is 0 Å². The van der Waals surface area contributed by atoms with E-state index in [4.69, 9.17) is 15.2 Å². The monoisotopic (exact) mass is 362 g/mol. The molecule has 2 aromatic carbocycles. The van der Waals surface area contributed by atoms with Crippen LogP contribution in [0.5, 0.6) is 5.75 Å². The van der Waals surface area contributed by atoms with E-state index >= 15 is 0 Å². The number of carbonyl (C=O) groups is 1. The maximum atomic E-state index is 12.0. The van der Waals surface area contributed by atoms with Crippen molar-refractivity contribution in [2.75, 3.05) is 7.11 Å². The molecule has 138 valence electrons. The number of nitrogens with two attached hydrogens (primary N) is 1. The predicted octanol–water partition coefficient (Wildman–Crippen LogP) is 3.96. The fraction of sp³-hybridized carbons (Fsp3) is 0.136. The van der Waals surface area contributed by atoms with Gasteiger partial charge in [0.2, 0.25) is 0 Å². The minimum Gasteiger partial charge on any atom is -0.497 e. The summed E-state index contributed by atoms with van der Waals surface area (Å²) in [7, 11) is 1.60. The molecule has 1 aliphatic heterocycles. The van der Waals surface area contributed by atoms with E-state index in [-0.39, 0.29) is 0 Å². The van der Waals surface area contributed by atoms with Gasteiger partial charge < -0.3 is 20.5 Å². The van der Waals surface area contributed by atoms with Crippen LogP contribution in [0.4, 0.5) is 4.79 Å². The average Bonchev–Trinajstić information content (AvgIpc) is 3.10. The van der Waals surface area contributed by atoms with Crippen molar-refractivity contribution < 1.29 is 14.3 Å². The Bertz CT molecular complexity index is 887. The lowest BCUT2D eigenvalue weighted by Crippen LogP contribution is -2.29. The molecule has 0 aliphatic carbocycles. The van der Waals surface area contributed by atoms with E-state index in [2.05, 4.69) is 11.9 Å². The fourth-order valence-corrected chi connectivity index (χ4v) is 3.05. The van der Waals surface area contributed by atoms with Crippen molar-refractivity contribution >= 4 is 11.7 Å². The Morgan fingerprint density at radius 1 is 1.22 bits per heavy atom. The van der Waals surface area contributed by atoms with E-state index in [1.165, 1.54) is 6.20 Å². The summed E-state index contributed by atoms with van der Waals surface area (Å²) >= 11 is 0. The molecule has 1 fully saturated rings. The van der Waals surface area contributed by atoms with Crippen molar-refractivity contribution in [3.05, 3.63) is 96.2 Å². The van der Waals surface area contributed by atoms with Crippen LogP contribution in [0, 0.1) is 0 Å². The van der Waals surface area contributed by atoms with Crippen LogP contribution in [0.3, 0.4) is 0 Å². The number of amides is 1. The van der Waals surface area contributed by atoms with E-state index in [9.17, 15) is 4.79 Å². The largest absolute Gasteiger partial charge is 0.497 e. The summed E-state index contributed by atoms with van der Waals surface area (Å²) in [4.78, 5) is 12.0. The Morgan fingerprint density at radius 3 is 2.70 bits per heavy atom. The van der Waals surface area contributed by atoms with Crippen LogP contribution in [-0.2, 0) is 4.74 Å². The zero-order valence-electron chi connectivity index (χ0n) is 15.1. The number of methoxy groups -OCH3 is 1. The third kappa shape index (κ3) is 4.20. The molecule has 1 aliphatic rings. The van der Waals surface area contributed by atoms with E-state index in [1.807, 2.05) is 60.7 Å². The van der Waals surface area contributed by atoms with Crippen LogP contribution in [0.15, 0.2) is 85.1 Å². The third-order valence-electron chi connectivity index (χ3n) is 4.37. The lowest BCUT2D eigenvalue weighted by Gasteiger charge is -2.19. The van der Waals surface area contributed by atoms with Gasteiger partial charge in [0.1, 0.15) is 5.75 Å². The maximum Gasteiger partial charge on any atom is 0.408 e. The Kier molecular flexibility index (Phi) is 5.61. The Hall–Kier alpha value is -3.47. The lowest BCUT2D eigenvalue weighted by atomic mass is 9.93. The summed E-state index contributed by atoms with van der Waals surface area (Å²) in [5.41, 5.74) is 9.08. The SMILES string of the molecule is C=C(/C=C(\C=C/N)[C@@H]1NC(=O)O[C@H]1c1cccc(OC)c1)c1ccccc1. The number of benzene rings is 2. The lowest BCUT2D eigenvalue weighted by molar-refractivity contribution is 0.135. The molecule has 0 bridgehead atoms. The second-order valence-electron chi connectivity index (χ2n) is 6.12. The Morgan fingerprint density at radius 2 is 2.00 bits per heavy atom. The fourth-order valence-electron chi connectivity index (χ4n) is 3.05. The molecule has 2 atom stereocenters. The highest BCUT2D eigenvalue weighted by Gasteiger charge is 2.37. The quantitative estimate of drug-likeness (QED) is 0.763. The first kappa shape index (κ1) is 18.3. The second kappa shape index (κ2) is 8.27. The Labute approximate surface area is 158 Å². The van der Waals surface area contributed by atoms with Gasteiger partial charge in [-0.1, -0.05) is 49.0 Å². The van der Waals surface area contributed by atoms with Gasteiger partial charge >= 0.3 is 6.09 Å². The first-order valence-electron chi connectivity index (χ1n) is 8.57. The number of hydrogen-bond donors (Lipinski definition) is 2. The highest BCUT2D eigenvalue weighted by atomic mass is 16.6. The van der Waals surface area contributed by atoms with Crippen LogP contribution in [0.25, 0.3) is 5.57 Å². The molecule has 5 heteroatoms. The predicted molar refractivity (Wildman–Crippen MR) is 106 cm³/mol. The molecule has 2 aromatic rings. The van der Waals surface area contributed by atoms with Gasteiger partial charge in [-0.05, 0) is 52.8 Å². The molecule has 5 nitrogen and oxygen atoms in total. The molecule has 1 saturated heterocycles. The van der Waals surface area contributed by atoms with Crippen molar-refractivity contribution in [3.63, 3.8) is 0 Å². The van der Waals surface area contributed by atoms with Crippen molar-refractivity contribution in [2.45, 2.75) is 12.1 Å². The standard InChI is InChI=1S/C22H22N2O3/c1-15(16-7-4-3-5-8-16)13-17(11-12-23)20-21(27-22(25)24-20)18-9-6-10-19(14-18)26-2/h3-14,20-21H,1,23H2,2H3,(H,24,25)/b12-11-,17-13+/t20-,21-/m0/s1. The normalized spacial score (nSPS) is 19.6. The smallest absolute Gasteiger partial charge is 0.408 e. The van der Waals surface area contributed by atoms with Crippen molar-refractivity contribution in [2.24, 2.45) is 5.73 Å². The molecule has 1 heterocycles. The van der Waals surface area contributed by atoms with Gasteiger partial charge in [-0.25, -0.2) is 4.79 Å². The van der Waals surface area contributed by atoms with E-state index in [0.717, 1.165) is 22.3 Å². The number of alkyl carbamates (subject to hydrolysis) is 1. The summed E-state index contributed by atoms with van der Waals surface area (Å²) in [6, 6.07) is 16.9. The third-order valence-corrected chi connectivity index (χ3v) is 4.37. The number of hydrogen-bond acceptors (Lipinski definition) is 4. The Balaban J connectivity index is 1.96. The summed E-state index contributed by atoms with van der Waals surface area (Å²) in [6.07, 6.45) is 4.12. The summed E-state index contributed by atoms with van der Waals surface area (Å²) in [5, 5.41) is 2.86. The summed E-state index contributed by atoms with van der Waals surface area (Å²) in [5.74, 6) is 0.697. The van der Waals surface area contributed by atoms with Gasteiger partial charge in [0.25, 0.3) is 0 Å². The molecule has 1 amide bonds. The first-order chi connectivity index (χ1) is 13.1. The highest BCUT2D eigenvalue weighted by Crippen LogP contribution is 2.33. The second-order valence-corrected chi connectivity index (χ2v) is 6.12. The zero-order chi connectivity index (χ0) is 19.2. The molecule has 0 radical (unpaired) electrons. The van der Waals surface area contributed by atoms with Gasteiger partial charge in [-0.2, -0.15) is 0 Å². The van der Waals surface area contributed by atoms with Crippen molar-refractivity contribution in [1.29, 1.82) is 0 Å². The van der Waals surface area contributed by atoms with Gasteiger partial charge in [0, 0.05) is 0 Å². The zero-order valence-corrected chi connectivity index (χ0v) is 15.1. The van der Waals surface area contributed by atoms with Crippen molar-refractivity contribution in [3.8, 4) is 5.75 Å². The summed E-state index contributed by atoms with van der Waals surface area (Å²) < 4.78 is 10.8. The van der Waals surface area contributed by atoms with E-state index in [1.54, 1.807) is 13.2 Å². The van der Waals surface area contributed by atoms with E-state index < -0.39 is 18.2 Å². The molecule has 0 unspecified atom stereocenters. The van der Waals surface area contributed by atoms with Crippen LogP contribution >= 0.6 is 0 Å². The van der Waals surface area contributed by atoms with Crippen LogP contribution in [0.1, 0.15) is 17.2 Å². The number of allylic oxidation sites excluding steroid dienone is 2. The number of carbonyl (C=O) groups excluding carboxylic acids is 1. The highest BCUT2D eigenvalue weighted by molar-refractivity contribution is 5.76. The molecule has 0 saturated carbocycles. The van der Waals surface area contributed by atoms with E-state index in [0.29, 0.717) is 5.75 Å². The van der Waals surface area contributed by atoms with Gasteiger partial charge in [-0.15, -0.1) is 0 Å². The topological polar surface area (TPSA) is 73.6 Å². The number of ether oxygens (including phenoxy) is 2. The maximum absolute atomic E-state index is 12.0. The number of rotatable bonds is 6. The van der Waals surface area contributed by atoms with Gasteiger partial charge in [0.15, 0.2) is 6.10 Å². The average molecular weight is 362 g/mol. The molecule has 0 spiro atoms. The van der Waals surface area contributed by atoms with Crippen LogP contribution in [-0.4, -0.2) is 19.2 Å². The first-order valence-corrected chi connectivity index (χ1v) is 8.57. The minimum absolute atomic E-state index is 0.398. The van der Waals surface area contributed by atoms with Gasteiger partial charge in [0.05, 0.1) is 13.2 Å². The molecular weight excluding hydrogens is 340 g/mol. The minimum atomic E-state index is -0.501. The van der Waals surface area contributed by atoms with Crippen LogP contribution < -0.4 is 15.8 Å². The number of nitrogens with one attached hydrogen (secondary N) is 1. The molecule has 3 rings (SSSR count). The molecular formula is C22H22N2O3. The van der Waals surface area contributed by atoms with Crippen LogP contribution in [0.2, 0.25) is 0 Å². The molecule has 3 N–H and O–H groups in total. The number of cyclic esters (lactones) is 1.